The number of imidazole rings is 1. The number of likely N-dealkylation sites (tertiary alicyclic amines) is 2. The molecule has 65 heavy (non-hydrogen) atoms. The number of aromatic nitrogens is 2. The number of nitrogens with zero attached hydrogens (tertiary/aromatic N) is 4. The second kappa shape index (κ2) is 15.3. The van der Waals surface area contributed by atoms with Crippen molar-refractivity contribution in [2.75, 3.05) is 20.8 Å². The van der Waals surface area contributed by atoms with Gasteiger partial charge in [0.05, 0.1) is 43.9 Å². The summed E-state index contributed by atoms with van der Waals surface area (Å²) in [6.45, 7) is 8.47. The lowest BCUT2D eigenvalue weighted by molar-refractivity contribution is -0.137. The number of aliphatic imine (C=N–C) groups is 1. The Morgan fingerprint density at radius 3 is 2.06 bits per heavy atom. The van der Waals surface area contributed by atoms with Gasteiger partial charge in [-0.05, 0) is 143 Å². The second-order valence-electron chi connectivity index (χ2n) is 20.7. The number of rotatable bonds is 10. The minimum atomic E-state index is -0.684. The van der Waals surface area contributed by atoms with Crippen molar-refractivity contribution < 1.29 is 28.7 Å². The maximum atomic E-state index is 14.2. The maximum absolute atomic E-state index is 14.2. The summed E-state index contributed by atoms with van der Waals surface area (Å²) in [5.74, 6) is 0.834. The van der Waals surface area contributed by atoms with Gasteiger partial charge in [-0.3, -0.25) is 14.6 Å². The summed E-state index contributed by atoms with van der Waals surface area (Å²) in [6.07, 6.45) is 9.70. The molecule has 2 saturated heterocycles. The molecule has 3 aliphatic heterocycles. The minimum absolute atomic E-state index is 0.0214. The normalized spacial score (nSPS) is 24.2. The summed E-state index contributed by atoms with van der Waals surface area (Å²) < 4.78 is 9.74. The van der Waals surface area contributed by atoms with Crippen molar-refractivity contribution in [3.05, 3.63) is 83.3 Å². The highest BCUT2D eigenvalue weighted by atomic mass is 16.5. The van der Waals surface area contributed by atoms with E-state index in [4.69, 9.17) is 19.5 Å². The Hall–Kier alpha value is -5.98. The lowest BCUT2D eigenvalue weighted by atomic mass is 9.89. The molecule has 6 atom stereocenters. The van der Waals surface area contributed by atoms with Crippen LogP contribution >= 0.6 is 0 Å². The number of carbonyl (C=O) groups excluding carboxylic acids is 4. The number of hydrogen-bond acceptors (Lipinski definition) is 8. The SMILES string of the molecule is COC(=O)N[C@H](C(=O)N1CC2(CC2)C[C@H]1c1ncc(-c2ccc3c(c2)C2(CC2)c2cc(-c4ccc5c(c4)CC([C@@H]4[C@@H]6CC[C@H](C6)N4C(=O)[C@@H](NC(=O)OC)C(C)C)=N5)ccc2-3)[nH]1)C(C)C. The van der Waals surface area contributed by atoms with Crippen molar-refractivity contribution in [1.82, 2.24) is 30.4 Å². The third kappa shape index (κ3) is 6.85. The van der Waals surface area contributed by atoms with Crippen LogP contribution in [0, 0.1) is 23.2 Å². The van der Waals surface area contributed by atoms with E-state index in [-0.39, 0.29) is 52.6 Å². The van der Waals surface area contributed by atoms with Crippen LogP contribution in [-0.2, 0) is 30.9 Å². The van der Waals surface area contributed by atoms with Crippen molar-refractivity contribution in [3.8, 4) is 33.5 Å². The lowest BCUT2D eigenvalue weighted by Crippen LogP contribution is -2.57. The van der Waals surface area contributed by atoms with Gasteiger partial charge in [-0.15, -0.1) is 0 Å². The van der Waals surface area contributed by atoms with Gasteiger partial charge in [0.1, 0.15) is 17.9 Å². The Kier molecular flexibility index (Phi) is 9.82. The predicted molar refractivity (Wildman–Crippen MR) is 247 cm³/mol. The van der Waals surface area contributed by atoms with Gasteiger partial charge in [0.25, 0.3) is 0 Å². The molecule has 13 heteroatoms. The van der Waals surface area contributed by atoms with E-state index in [1.165, 1.54) is 47.6 Å². The molecule has 0 unspecified atom stereocenters. The fraction of sp³-hybridized carbons (Fsp3) is 0.500. The van der Waals surface area contributed by atoms with Crippen molar-refractivity contribution in [3.63, 3.8) is 0 Å². The van der Waals surface area contributed by atoms with Crippen LogP contribution in [0.2, 0.25) is 0 Å². The molecule has 3 aromatic carbocycles. The number of alkyl carbamates (subject to hydrolysis) is 2. The number of amides is 4. The third-order valence-corrected chi connectivity index (χ3v) is 16.1. The number of carbonyl (C=O) groups is 4. The van der Waals surface area contributed by atoms with Crippen molar-refractivity contribution in [2.45, 2.75) is 121 Å². The topological polar surface area (TPSA) is 158 Å². The maximum Gasteiger partial charge on any atom is 0.407 e. The van der Waals surface area contributed by atoms with Crippen LogP contribution in [0.3, 0.4) is 0 Å². The standard InChI is InChI=1S/C52H59N7O6/c1-27(2)43(56-49(62)64-5)47(60)58-26-51(15-16-51)24-42(58)46-53-25-41(55-46)31-9-13-36-35-12-8-30(21-37(35)52(17-18-52)38(36)22-31)29-10-14-39-33(19-29)23-40(54-39)45-32-7-11-34(20-32)59(45)48(61)44(28(3)4)57-50(63)65-6/h8-10,12-14,19,21-22,25,27-28,32,34,42-45H,7,11,15-18,20,23-24,26H2,1-6H3,(H,53,55)(H,56,62)(H,57,63)/t32-,34-,42+,43+,44+,45+/m1/s1. The van der Waals surface area contributed by atoms with Gasteiger partial charge < -0.3 is 34.9 Å². The largest absolute Gasteiger partial charge is 0.453 e. The molecule has 3 saturated carbocycles. The summed E-state index contributed by atoms with van der Waals surface area (Å²) in [7, 11) is 2.65. The molecule has 0 radical (unpaired) electrons. The molecule has 1 aromatic heterocycles. The summed E-state index contributed by atoms with van der Waals surface area (Å²) >= 11 is 0. The predicted octanol–water partition coefficient (Wildman–Crippen LogP) is 8.63. The highest BCUT2D eigenvalue weighted by molar-refractivity contribution is 6.02. The fourth-order valence-electron chi connectivity index (χ4n) is 12.3. The monoisotopic (exact) mass is 877 g/mol. The molecule has 338 valence electrons. The third-order valence-electron chi connectivity index (χ3n) is 16.1. The smallest absolute Gasteiger partial charge is 0.407 e. The Morgan fingerprint density at radius 2 is 1.42 bits per heavy atom. The van der Waals surface area contributed by atoms with Crippen molar-refractivity contribution >= 4 is 35.4 Å². The Bertz CT molecular complexity index is 2680. The molecule has 5 fully saturated rings. The summed E-state index contributed by atoms with van der Waals surface area (Å²) in [4.78, 5) is 70.4. The number of piperidine rings is 1. The average Bonchev–Trinajstić information content (AvgIpc) is 3.74. The van der Waals surface area contributed by atoms with Gasteiger partial charge in [-0.1, -0.05) is 58.0 Å². The highest BCUT2D eigenvalue weighted by Gasteiger charge is 2.56. The van der Waals surface area contributed by atoms with Crippen LogP contribution in [0.15, 0.2) is 65.8 Å². The van der Waals surface area contributed by atoms with Crippen molar-refractivity contribution in [2.24, 2.45) is 28.2 Å². The Labute approximate surface area is 380 Å². The minimum Gasteiger partial charge on any atom is -0.453 e. The molecule has 2 spiro atoms. The molecule has 2 bridgehead atoms. The van der Waals surface area contributed by atoms with Crippen LogP contribution in [-0.4, -0.2) is 94.4 Å². The lowest BCUT2D eigenvalue weighted by Gasteiger charge is -2.38. The van der Waals surface area contributed by atoms with Crippen LogP contribution in [0.5, 0.6) is 0 Å². The number of aromatic amines is 1. The summed E-state index contributed by atoms with van der Waals surface area (Å²) in [5.41, 5.74) is 13.0. The Morgan fingerprint density at radius 1 is 0.785 bits per heavy atom. The van der Waals surface area contributed by atoms with E-state index < -0.39 is 24.3 Å². The van der Waals surface area contributed by atoms with E-state index in [0.29, 0.717) is 18.9 Å². The van der Waals surface area contributed by atoms with Gasteiger partial charge in [0.15, 0.2) is 0 Å². The van der Waals surface area contributed by atoms with E-state index in [2.05, 4.69) is 75.1 Å². The Balaban J connectivity index is 0.821. The zero-order valence-corrected chi connectivity index (χ0v) is 38.2. The first kappa shape index (κ1) is 41.7. The van der Waals surface area contributed by atoms with Crippen molar-refractivity contribution in [1.29, 1.82) is 0 Å². The van der Waals surface area contributed by atoms with Gasteiger partial charge in [0, 0.05) is 30.1 Å². The number of hydrogen-bond donors (Lipinski definition) is 3. The van der Waals surface area contributed by atoms with Crippen LogP contribution in [0.1, 0.15) is 108 Å². The van der Waals surface area contributed by atoms with E-state index in [1.807, 2.05) is 38.8 Å². The van der Waals surface area contributed by atoms with Gasteiger partial charge in [-0.25, -0.2) is 14.6 Å². The number of benzene rings is 3. The fourth-order valence-corrected chi connectivity index (χ4v) is 12.3. The van der Waals surface area contributed by atoms with E-state index in [1.54, 1.807) is 0 Å². The zero-order chi connectivity index (χ0) is 45.1. The van der Waals surface area contributed by atoms with Crippen LogP contribution < -0.4 is 10.6 Å². The molecule has 3 N–H and O–H groups in total. The molecular weight excluding hydrogens is 819 g/mol. The first-order chi connectivity index (χ1) is 31.3. The summed E-state index contributed by atoms with van der Waals surface area (Å²) in [5, 5.41) is 5.59. The van der Waals surface area contributed by atoms with E-state index >= 15 is 0 Å². The molecule has 11 rings (SSSR count). The van der Waals surface area contributed by atoms with E-state index in [0.717, 1.165) is 85.4 Å². The second-order valence-corrected chi connectivity index (χ2v) is 20.7. The highest BCUT2D eigenvalue weighted by Crippen LogP contribution is 2.64. The average molecular weight is 878 g/mol. The zero-order valence-electron chi connectivity index (χ0n) is 38.2. The molecule has 4 heterocycles. The first-order valence-corrected chi connectivity index (χ1v) is 23.7. The number of methoxy groups -OCH3 is 2. The van der Waals surface area contributed by atoms with Crippen LogP contribution in [0.25, 0.3) is 33.5 Å². The molecular formula is C52H59N7O6. The number of ether oxygens (including phenoxy) is 2. The molecule has 4 amide bonds. The molecule has 4 aliphatic carbocycles. The molecule has 4 aromatic rings. The number of nitrogens with one attached hydrogen (secondary N) is 3. The first-order valence-electron chi connectivity index (χ1n) is 23.7. The van der Waals surface area contributed by atoms with Gasteiger partial charge >= 0.3 is 12.2 Å². The number of H-pyrrole nitrogens is 1. The van der Waals surface area contributed by atoms with Gasteiger partial charge in [0.2, 0.25) is 11.8 Å². The van der Waals surface area contributed by atoms with E-state index in [9.17, 15) is 19.2 Å². The molecule has 7 aliphatic rings. The van der Waals surface area contributed by atoms with Crippen LogP contribution in [0.4, 0.5) is 15.3 Å². The quantitative estimate of drug-likeness (QED) is 0.144. The number of fused-ring (bicyclic) bond motifs is 8. The molecule has 13 nitrogen and oxygen atoms in total. The van der Waals surface area contributed by atoms with Gasteiger partial charge in [-0.2, -0.15) is 0 Å². The summed E-state index contributed by atoms with van der Waals surface area (Å²) in [6, 6.07) is 18.9.